The van der Waals surface area contributed by atoms with Gasteiger partial charge in [-0.3, -0.25) is 9.59 Å². The van der Waals surface area contributed by atoms with Gasteiger partial charge in [-0.25, -0.2) is 30.1 Å². The molecular formula is C31H39AlCl6O2. The van der Waals surface area contributed by atoms with Crippen LogP contribution in [0.5, 0.6) is 0 Å². The highest BCUT2D eigenvalue weighted by Gasteiger charge is 2.36. The normalized spacial score (nSPS) is 19.4. The second-order valence-electron chi connectivity index (χ2n) is 12.5. The molecule has 0 spiro atoms. The Morgan fingerprint density at radius 2 is 1.40 bits per heavy atom. The maximum atomic E-state index is 12.0. The molecule has 0 saturated carbocycles. The van der Waals surface area contributed by atoms with E-state index >= 15 is 0 Å². The average Bonchev–Trinajstić information content (AvgIpc) is 3.43. The van der Waals surface area contributed by atoms with E-state index in [4.69, 9.17) is 65.0 Å². The zero-order chi connectivity index (χ0) is 30.4. The minimum atomic E-state index is -1.72. The number of fused-ring (bicyclic) bond motifs is 4. The van der Waals surface area contributed by atoms with Crippen molar-refractivity contribution in [3.05, 3.63) is 69.3 Å². The van der Waals surface area contributed by atoms with E-state index < -0.39 is 11.4 Å². The van der Waals surface area contributed by atoms with Crippen LogP contribution in [0.25, 0.3) is 0 Å². The predicted octanol–water partition coefficient (Wildman–Crippen LogP) is 10.1. The zero-order valence-corrected chi connectivity index (χ0v) is 29.8. The first-order valence-electron chi connectivity index (χ1n) is 13.5. The first-order chi connectivity index (χ1) is 18.5. The fourth-order valence-electron chi connectivity index (χ4n) is 6.05. The Balaban J connectivity index is 0.000000228. The van der Waals surface area contributed by atoms with Crippen LogP contribution in [0, 0.1) is 22.7 Å². The Morgan fingerprint density at radius 3 is 1.93 bits per heavy atom. The highest BCUT2D eigenvalue weighted by molar-refractivity contribution is 7.54. The molecule has 0 fully saturated rings. The van der Waals surface area contributed by atoms with Crippen molar-refractivity contribution >= 4 is 87.4 Å². The van der Waals surface area contributed by atoms with E-state index in [9.17, 15) is 9.59 Å². The topological polar surface area (TPSA) is 34.1 Å². The van der Waals surface area contributed by atoms with Gasteiger partial charge in [-0.05, 0) is 94.3 Å². The lowest BCUT2D eigenvalue weighted by molar-refractivity contribution is -0.114. The van der Waals surface area contributed by atoms with Crippen LogP contribution in [-0.4, -0.2) is 27.7 Å². The molecule has 5 rings (SSSR count). The van der Waals surface area contributed by atoms with Crippen molar-refractivity contribution in [3.8, 4) is 0 Å². The fourth-order valence-corrected chi connectivity index (χ4v) is 6.13. The van der Waals surface area contributed by atoms with Crippen LogP contribution in [0.2, 0.25) is 0 Å². The summed E-state index contributed by atoms with van der Waals surface area (Å²) in [5.74, 6) is 0.458. The molecule has 2 unspecified atom stereocenters. The number of hydrogen-bond acceptors (Lipinski definition) is 2. The molecule has 2 aromatic carbocycles. The highest BCUT2D eigenvalue weighted by Crippen LogP contribution is 2.42. The molecule has 220 valence electrons. The maximum absolute atomic E-state index is 12.0. The van der Waals surface area contributed by atoms with Crippen LogP contribution in [0.1, 0.15) is 85.3 Å². The predicted molar refractivity (Wildman–Crippen MR) is 176 cm³/mol. The van der Waals surface area contributed by atoms with E-state index in [0.717, 1.165) is 44.1 Å². The number of Topliss-reactive ketones (excluding diaryl/α,β-unsaturated/α-hetero) is 1. The standard InChI is InChI=1S/C15H19ClO.C15H18O.CH2Cl2.Al.3ClH/c1-10(14(16)17)7-11-5-4-6-12-8-15(2,3)9-13(11)12;1-9-6-12-11(14(9)16)5-4-10-7-15(2,3)8-13(10)12;2-1-3;;;;/h4-6,10H,7-9H2,1-3H3;4-5,9H,6-8H2,1-3H3;1H2;;3*1H/q;;;+3;;;/p-3. The van der Waals surface area contributed by atoms with Crippen LogP contribution >= 0.6 is 65.0 Å². The van der Waals surface area contributed by atoms with Gasteiger partial charge in [-0.15, -0.1) is 23.2 Å². The third-order valence-electron chi connectivity index (χ3n) is 7.68. The summed E-state index contributed by atoms with van der Waals surface area (Å²) in [4.78, 5) is 23.1. The van der Waals surface area contributed by atoms with E-state index in [0.29, 0.717) is 16.6 Å². The van der Waals surface area contributed by atoms with E-state index in [1.165, 1.54) is 33.4 Å². The molecule has 0 amide bonds. The number of benzene rings is 2. The summed E-state index contributed by atoms with van der Waals surface area (Å²) in [5, 5.41) is -0.0418. The smallest absolute Gasteiger partial charge is 0.294 e. The average molecular weight is 683 g/mol. The number of hydrogen-bond donors (Lipinski definition) is 0. The third-order valence-corrected chi connectivity index (χ3v) is 8.06. The largest absolute Gasteiger partial charge is 0.643 e. The molecular weight excluding hydrogens is 644 g/mol. The van der Waals surface area contributed by atoms with Crippen LogP contribution in [0.4, 0.5) is 0 Å². The number of ketones is 1. The number of carbonyl (C=O) groups is 2. The Bertz CT molecular complexity index is 1190. The van der Waals surface area contributed by atoms with Crippen LogP contribution in [0.15, 0.2) is 30.3 Å². The van der Waals surface area contributed by atoms with Gasteiger partial charge in [0.05, 0.1) is 5.34 Å². The molecule has 2 atom stereocenters. The number of alkyl halides is 2. The summed E-state index contributed by atoms with van der Waals surface area (Å²) in [5.41, 5.74) is 10.3. The van der Waals surface area contributed by atoms with Gasteiger partial charge in [-0.2, -0.15) is 0 Å². The van der Waals surface area contributed by atoms with Gasteiger partial charge in [0.2, 0.25) is 5.24 Å². The van der Waals surface area contributed by atoms with Crippen molar-refractivity contribution in [1.29, 1.82) is 0 Å². The van der Waals surface area contributed by atoms with Crippen molar-refractivity contribution in [2.45, 2.75) is 80.1 Å². The molecule has 3 aliphatic rings. The lowest BCUT2D eigenvalue weighted by atomic mass is 9.89. The molecule has 3 aliphatic carbocycles. The van der Waals surface area contributed by atoms with Gasteiger partial charge in [0.15, 0.2) is 5.78 Å². The van der Waals surface area contributed by atoms with E-state index in [1.54, 1.807) is 0 Å². The summed E-state index contributed by atoms with van der Waals surface area (Å²) < 4.78 is 0. The Kier molecular flexibility index (Phi) is 14.2. The van der Waals surface area contributed by atoms with Crippen molar-refractivity contribution in [1.82, 2.24) is 0 Å². The quantitative estimate of drug-likeness (QED) is 0.183. The SMILES string of the molecule is CC(Cc1cccc2c1CC(C)(C)C2)C(=O)Cl.CC1Cc2c(ccc3c2CC(C)(C)C3)C1=O.ClCCl.[Cl][Al]([Cl])[Cl]. The molecule has 0 heterocycles. The number of rotatable bonds is 3. The van der Waals surface area contributed by atoms with Crippen LogP contribution in [0.3, 0.4) is 0 Å². The van der Waals surface area contributed by atoms with Gasteiger partial charge in [0.25, 0.3) is 0 Å². The maximum Gasteiger partial charge on any atom is 0.643 e. The van der Waals surface area contributed by atoms with Gasteiger partial charge >= 0.3 is 11.4 Å². The molecule has 0 bridgehead atoms. The minimum absolute atomic E-state index is 0.0909. The van der Waals surface area contributed by atoms with E-state index in [-0.39, 0.29) is 22.4 Å². The molecule has 0 aliphatic heterocycles. The van der Waals surface area contributed by atoms with E-state index in [1.807, 2.05) is 6.92 Å². The van der Waals surface area contributed by atoms with Crippen LogP contribution in [-0.2, 0) is 43.3 Å². The zero-order valence-electron chi connectivity index (χ0n) is 24.2. The molecule has 9 heteroatoms. The minimum Gasteiger partial charge on any atom is -0.294 e. The summed E-state index contributed by atoms with van der Waals surface area (Å²) in [6, 6.07) is 10.7. The third kappa shape index (κ3) is 10.3. The van der Waals surface area contributed by atoms with Gasteiger partial charge in [0.1, 0.15) is 0 Å². The van der Waals surface area contributed by atoms with Crippen molar-refractivity contribution < 1.29 is 9.59 Å². The molecule has 2 nitrogen and oxygen atoms in total. The second kappa shape index (κ2) is 15.7. The molecule has 40 heavy (non-hydrogen) atoms. The number of halogens is 6. The molecule has 0 aromatic heterocycles. The second-order valence-corrected chi connectivity index (χ2v) is 20.2. The van der Waals surface area contributed by atoms with Crippen molar-refractivity contribution in [2.24, 2.45) is 22.7 Å². The Labute approximate surface area is 272 Å². The first kappa shape index (κ1) is 36.2. The molecule has 0 radical (unpaired) electrons. The summed E-state index contributed by atoms with van der Waals surface area (Å²) in [7, 11) is 14.8. The first-order valence-corrected chi connectivity index (χ1v) is 20.2. The Morgan fingerprint density at radius 1 is 0.900 bits per heavy atom. The van der Waals surface area contributed by atoms with Crippen LogP contribution < -0.4 is 0 Å². The summed E-state index contributed by atoms with van der Waals surface area (Å²) in [6.07, 6.45) is 6.29. The fraction of sp³-hybridized carbons (Fsp3) is 0.548. The summed E-state index contributed by atoms with van der Waals surface area (Å²) in [6.45, 7) is 13.2. The molecule has 0 N–H and O–H groups in total. The van der Waals surface area contributed by atoms with Crippen molar-refractivity contribution in [2.75, 3.05) is 5.34 Å². The number of carbonyl (C=O) groups excluding carboxylic acids is 2. The monoisotopic (exact) mass is 680 g/mol. The highest BCUT2D eigenvalue weighted by atomic mass is 35.8. The van der Waals surface area contributed by atoms with E-state index in [2.05, 4.69) is 65.0 Å². The van der Waals surface area contributed by atoms with Gasteiger partial charge < -0.3 is 0 Å². The lowest BCUT2D eigenvalue weighted by Gasteiger charge is -2.16. The van der Waals surface area contributed by atoms with Gasteiger partial charge in [-0.1, -0.05) is 71.9 Å². The van der Waals surface area contributed by atoms with Crippen molar-refractivity contribution in [3.63, 3.8) is 0 Å². The molecule has 0 saturated heterocycles. The Hall–Kier alpha value is 0.0525. The lowest BCUT2D eigenvalue weighted by Crippen LogP contribution is -2.11. The summed E-state index contributed by atoms with van der Waals surface area (Å²) >= 11 is 13.4. The van der Waals surface area contributed by atoms with Gasteiger partial charge in [0, 0.05) is 17.4 Å². The molecule has 2 aromatic rings.